The van der Waals surface area contributed by atoms with Gasteiger partial charge in [0.2, 0.25) is 0 Å². The van der Waals surface area contributed by atoms with E-state index in [1.54, 1.807) is 12.1 Å². The second kappa shape index (κ2) is 6.86. The van der Waals surface area contributed by atoms with Gasteiger partial charge in [-0.2, -0.15) is 0 Å². The fraction of sp³-hybridized carbons (Fsp3) is 0.600. The van der Waals surface area contributed by atoms with Crippen LogP contribution < -0.4 is 5.73 Å². The summed E-state index contributed by atoms with van der Waals surface area (Å²) in [5, 5.41) is 0. The standard InChI is InChI=1S/C15H22FNO/c16-15-12(10-17)6-5-7-13(15)11-18-14-8-3-1-2-4-9-14/h5-7,14H,1-4,8-11,17H2. The second-order valence-corrected chi connectivity index (χ2v) is 5.02. The zero-order valence-electron chi connectivity index (χ0n) is 10.8. The molecule has 0 atom stereocenters. The Morgan fingerprint density at radius 1 is 1.11 bits per heavy atom. The molecule has 0 bridgehead atoms. The zero-order chi connectivity index (χ0) is 12.8. The Morgan fingerprint density at radius 3 is 2.44 bits per heavy atom. The van der Waals surface area contributed by atoms with Crippen LogP contribution in [0.5, 0.6) is 0 Å². The maximum Gasteiger partial charge on any atom is 0.133 e. The third-order valence-electron chi connectivity index (χ3n) is 3.66. The van der Waals surface area contributed by atoms with Crippen molar-refractivity contribution in [2.24, 2.45) is 5.73 Å². The van der Waals surface area contributed by atoms with Crippen molar-refractivity contribution in [3.05, 3.63) is 35.1 Å². The van der Waals surface area contributed by atoms with Gasteiger partial charge in [0.15, 0.2) is 0 Å². The van der Waals surface area contributed by atoms with Crippen LogP contribution in [0.2, 0.25) is 0 Å². The Morgan fingerprint density at radius 2 is 1.78 bits per heavy atom. The van der Waals surface area contributed by atoms with E-state index < -0.39 is 0 Å². The van der Waals surface area contributed by atoms with E-state index >= 15 is 0 Å². The zero-order valence-corrected chi connectivity index (χ0v) is 10.8. The van der Waals surface area contributed by atoms with Crippen molar-refractivity contribution in [2.45, 2.75) is 57.8 Å². The van der Waals surface area contributed by atoms with E-state index in [1.807, 2.05) is 6.07 Å². The average Bonchev–Trinajstić information content (AvgIpc) is 2.66. The number of rotatable bonds is 4. The third kappa shape index (κ3) is 3.53. The average molecular weight is 251 g/mol. The van der Waals surface area contributed by atoms with Gasteiger partial charge in [-0.3, -0.25) is 0 Å². The summed E-state index contributed by atoms with van der Waals surface area (Å²) in [6, 6.07) is 5.35. The molecule has 1 aliphatic carbocycles. The summed E-state index contributed by atoms with van der Waals surface area (Å²) in [6.07, 6.45) is 7.59. The van der Waals surface area contributed by atoms with Crippen LogP contribution in [-0.4, -0.2) is 6.10 Å². The Labute approximate surface area is 108 Å². The molecule has 1 saturated carbocycles. The van der Waals surface area contributed by atoms with E-state index in [2.05, 4.69) is 0 Å². The highest BCUT2D eigenvalue weighted by molar-refractivity contribution is 5.25. The van der Waals surface area contributed by atoms with Crippen LogP contribution in [-0.2, 0) is 17.9 Å². The minimum Gasteiger partial charge on any atom is -0.373 e. The highest BCUT2D eigenvalue weighted by Gasteiger charge is 2.14. The first-order chi connectivity index (χ1) is 8.81. The molecule has 1 aromatic carbocycles. The lowest BCUT2D eigenvalue weighted by Crippen LogP contribution is -2.12. The van der Waals surface area contributed by atoms with Gasteiger partial charge in [-0.15, -0.1) is 0 Å². The quantitative estimate of drug-likeness (QED) is 0.831. The minimum absolute atomic E-state index is 0.200. The highest BCUT2D eigenvalue weighted by atomic mass is 19.1. The van der Waals surface area contributed by atoms with Crippen LogP contribution in [0.15, 0.2) is 18.2 Å². The van der Waals surface area contributed by atoms with Gasteiger partial charge in [0.05, 0.1) is 12.7 Å². The molecule has 0 unspecified atom stereocenters. The summed E-state index contributed by atoms with van der Waals surface area (Å²) in [5.41, 5.74) is 6.69. The maximum atomic E-state index is 13.9. The van der Waals surface area contributed by atoms with Crippen LogP contribution in [0, 0.1) is 5.82 Å². The number of halogens is 1. The molecule has 0 spiro atoms. The lowest BCUT2D eigenvalue weighted by atomic mass is 10.1. The largest absolute Gasteiger partial charge is 0.373 e. The minimum atomic E-state index is -0.200. The Hall–Kier alpha value is -0.930. The van der Waals surface area contributed by atoms with E-state index in [0.29, 0.717) is 23.8 Å². The maximum absolute atomic E-state index is 13.9. The number of hydrogen-bond donors (Lipinski definition) is 1. The number of benzene rings is 1. The predicted octanol–water partition coefficient (Wildman–Crippen LogP) is 3.52. The molecule has 2 nitrogen and oxygen atoms in total. The van der Waals surface area contributed by atoms with Crippen LogP contribution in [0.3, 0.4) is 0 Å². The van der Waals surface area contributed by atoms with Crippen LogP contribution in [0.1, 0.15) is 49.7 Å². The Bertz CT molecular complexity index is 373. The van der Waals surface area contributed by atoms with E-state index in [9.17, 15) is 4.39 Å². The van der Waals surface area contributed by atoms with Crippen LogP contribution >= 0.6 is 0 Å². The van der Waals surface area contributed by atoms with E-state index in [4.69, 9.17) is 10.5 Å². The van der Waals surface area contributed by atoms with E-state index in [1.165, 1.54) is 25.7 Å². The van der Waals surface area contributed by atoms with Crippen molar-refractivity contribution < 1.29 is 9.13 Å². The molecule has 2 N–H and O–H groups in total. The molecule has 3 heteroatoms. The Kier molecular flexibility index (Phi) is 5.14. The smallest absolute Gasteiger partial charge is 0.133 e. The summed E-state index contributed by atoms with van der Waals surface area (Å²) in [7, 11) is 0. The molecule has 0 amide bonds. The van der Waals surface area contributed by atoms with E-state index in [-0.39, 0.29) is 12.4 Å². The summed E-state index contributed by atoms with van der Waals surface area (Å²) in [5.74, 6) is -0.200. The molecule has 0 heterocycles. The normalized spacial score (nSPS) is 17.7. The fourth-order valence-electron chi connectivity index (χ4n) is 2.52. The first kappa shape index (κ1) is 13.5. The topological polar surface area (TPSA) is 35.2 Å². The van der Waals surface area contributed by atoms with Crippen molar-refractivity contribution in [3.8, 4) is 0 Å². The SMILES string of the molecule is NCc1cccc(COC2CCCCCC2)c1F. The van der Waals surface area contributed by atoms with Crippen molar-refractivity contribution in [3.63, 3.8) is 0 Å². The highest BCUT2D eigenvalue weighted by Crippen LogP contribution is 2.22. The van der Waals surface area contributed by atoms with Crippen molar-refractivity contribution in [2.75, 3.05) is 0 Å². The van der Waals surface area contributed by atoms with Gasteiger partial charge in [-0.25, -0.2) is 4.39 Å². The monoisotopic (exact) mass is 251 g/mol. The lowest BCUT2D eigenvalue weighted by Gasteiger charge is -2.16. The molecule has 0 saturated heterocycles. The first-order valence-electron chi connectivity index (χ1n) is 6.89. The Balaban J connectivity index is 1.92. The molecule has 1 aliphatic rings. The van der Waals surface area contributed by atoms with Gasteiger partial charge in [0.25, 0.3) is 0 Å². The van der Waals surface area contributed by atoms with Gasteiger partial charge < -0.3 is 10.5 Å². The first-order valence-corrected chi connectivity index (χ1v) is 6.89. The summed E-state index contributed by atoms with van der Waals surface area (Å²) < 4.78 is 19.8. The van der Waals surface area contributed by atoms with Gasteiger partial charge in [0, 0.05) is 17.7 Å². The lowest BCUT2D eigenvalue weighted by molar-refractivity contribution is 0.0295. The number of nitrogens with two attached hydrogens (primary N) is 1. The van der Waals surface area contributed by atoms with Gasteiger partial charge in [-0.1, -0.05) is 43.9 Å². The number of ether oxygens (including phenoxy) is 1. The van der Waals surface area contributed by atoms with Crippen molar-refractivity contribution >= 4 is 0 Å². The van der Waals surface area contributed by atoms with Crippen molar-refractivity contribution in [1.29, 1.82) is 0 Å². The van der Waals surface area contributed by atoms with Crippen LogP contribution in [0.4, 0.5) is 4.39 Å². The molecule has 0 radical (unpaired) electrons. The molecule has 0 aliphatic heterocycles. The second-order valence-electron chi connectivity index (χ2n) is 5.02. The van der Waals surface area contributed by atoms with Gasteiger partial charge in [-0.05, 0) is 12.8 Å². The summed E-state index contributed by atoms with van der Waals surface area (Å²) in [6.45, 7) is 0.605. The van der Waals surface area contributed by atoms with Crippen molar-refractivity contribution in [1.82, 2.24) is 0 Å². The molecular weight excluding hydrogens is 229 g/mol. The van der Waals surface area contributed by atoms with Gasteiger partial charge >= 0.3 is 0 Å². The molecular formula is C15H22FNO. The summed E-state index contributed by atoms with van der Waals surface area (Å²) >= 11 is 0. The number of hydrogen-bond acceptors (Lipinski definition) is 2. The van der Waals surface area contributed by atoms with E-state index in [0.717, 1.165) is 12.8 Å². The predicted molar refractivity (Wildman–Crippen MR) is 70.6 cm³/mol. The fourth-order valence-corrected chi connectivity index (χ4v) is 2.52. The molecule has 0 aromatic heterocycles. The summed E-state index contributed by atoms with van der Waals surface area (Å²) in [4.78, 5) is 0. The molecule has 18 heavy (non-hydrogen) atoms. The molecule has 1 aromatic rings. The molecule has 2 rings (SSSR count). The molecule has 1 fully saturated rings. The van der Waals surface area contributed by atoms with Gasteiger partial charge in [0.1, 0.15) is 5.82 Å². The van der Waals surface area contributed by atoms with Crippen LogP contribution in [0.25, 0.3) is 0 Å². The third-order valence-corrected chi connectivity index (χ3v) is 3.66. The molecule has 100 valence electrons.